The quantitative estimate of drug-likeness (QED) is 0.568. The van der Waals surface area contributed by atoms with Crippen molar-refractivity contribution in [3.63, 3.8) is 0 Å². The van der Waals surface area contributed by atoms with E-state index < -0.39 is 0 Å². The first kappa shape index (κ1) is 11.1. The van der Waals surface area contributed by atoms with Gasteiger partial charge in [0.15, 0.2) is 0 Å². The highest BCUT2D eigenvalue weighted by molar-refractivity contribution is 5.96. The van der Waals surface area contributed by atoms with Crippen LogP contribution in [0.5, 0.6) is 5.75 Å². The molecule has 0 aliphatic rings. The predicted molar refractivity (Wildman–Crippen MR) is 56.3 cm³/mol. The molecule has 2 N–H and O–H groups in total. The van der Waals surface area contributed by atoms with E-state index in [0.717, 1.165) is 0 Å². The third-order valence-electron chi connectivity index (χ3n) is 1.76. The fraction of sp³-hybridized carbons (Fsp3) is 0.273. The highest BCUT2D eigenvalue weighted by atomic mass is 16.3. The van der Waals surface area contributed by atoms with Gasteiger partial charge in [0.05, 0.1) is 11.8 Å². The minimum Gasteiger partial charge on any atom is -0.505 e. The highest BCUT2D eigenvalue weighted by Crippen LogP contribution is 2.12. The molecular weight excluding hydrogens is 192 g/mol. The molecule has 1 amide bonds. The molecule has 0 aromatic carbocycles. The van der Waals surface area contributed by atoms with Gasteiger partial charge in [-0.3, -0.25) is 9.78 Å². The van der Waals surface area contributed by atoms with Gasteiger partial charge in [-0.1, -0.05) is 0 Å². The van der Waals surface area contributed by atoms with Gasteiger partial charge in [0.2, 0.25) is 0 Å². The van der Waals surface area contributed by atoms with Crippen molar-refractivity contribution < 1.29 is 9.90 Å². The molecule has 0 atom stereocenters. The van der Waals surface area contributed by atoms with Gasteiger partial charge in [-0.2, -0.15) is 0 Å². The molecular formula is C11H12N2O2. The summed E-state index contributed by atoms with van der Waals surface area (Å²) in [5.41, 5.74) is 0.231. The fourth-order valence-electron chi connectivity index (χ4n) is 1.04. The molecule has 1 aromatic rings. The smallest absolute Gasteiger partial charge is 0.255 e. The molecule has 0 bridgehead atoms. The number of amides is 1. The average molecular weight is 204 g/mol. The van der Waals surface area contributed by atoms with Crippen LogP contribution in [0.4, 0.5) is 0 Å². The molecule has 78 valence electrons. The topological polar surface area (TPSA) is 62.2 Å². The maximum absolute atomic E-state index is 11.5. The van der Waals surface area contributed by atoms with Crippen molar-refractivity contribution in [1.82, 2.24) is 10.3 Å². The minimum absolute atomic E-state index is 0.114. The summed E-state index contributed by atoms with van der Waals surface area (Å²) in [5, 5.41) is 12.0. The van der Waals surface area contributed by atoms with Crippen LogP contribution in [0.25, 0.3) is 0 Å². The molecule has 0 spiro atoms. The van der Waals surface area contributed by atoms with Crippen LogP contribution in [0.1, 0.15) is 23.7 Å². The molecule has 0 fully saturated rings. The number of hydrogen-bond acceptors (Lipinski definition) is 3. The lowest BCUT2D eigenvalue weighted by Crippen LogP contribution is -2.24. The highest BCUT2D eigenvalue weighted by Gasteiger charge is 2.08. The van der Waals surface area contributed by atoms with Gasteiger partial charge in [0, 0.05) is 19.2 Å². The summed E-state index contributed by atoms with van der Waals surface area (Å²) in [7, 11) is 0. The van der Waals surface area contributed by atoms with Gasteiger partial charge in [0.25, 0.3) is 5.91 Å². The zero-order chi connectivity index (χ0) is 11.1. The zero-order valence-electron chi connectivity index (χ0n) is 8.45. The van der Waals surface area contributed by atoms with Gasteiger partial charge in [-0.05, 0) is 13.0 Å². The van der Waals surface area contributed by atoms with E-state index >= 15 is 0 Å². The molecule has 0 aliphatic heterocycles. The molecule has 0 saturated carbocycles. The number of aromatic nitrogens is 1. The van der Waals surface area contributed by atoms with Crippen molar-refractivity contribution in [2.24, 2.45) is 0 Å². The Morgan fingerprint density at radius 1 is 1.67 bits per heavy atom. The van der Waals surface area contributed by atoms with Crippen molar-refractivity contribution in [3.05, 3.63) is 24.0 Å². The van der Waals surface area contributed by atoms with E-state index in [1.165, 1.54) is 18.5 Å². The van der Waals surface area contributed by atoms with Gasteiger partial charge >= 0.3 is 0 Å². The maximum atomic E-state index is 11.5. The number of nitrogens with one attached hydrogen (secondary N) is 1. The van der Waals surface area contributed by atoms with Crippen LogP contribution in [0.15, 0.2) is 18.5 Å². The predicted octanol–water partition coefficient (Wildman–Crippen LogP) is 0.930. The lowest BCUT2D eigenvalue weighted by Gasteiger charge is -2.03. The van der Waals surface area contributed by atoms with Crippen molar-refractivity contribution in [2.45, 2.75) is 13.3 Å². The molecule has 1 rings (SSSR count). The van der Waals surface area contributed by atoms with Crippen molar-refractivity contribution in [3.8, 4) is 17.6 Å². The number of carbonyl (C=O) groups is 1. The van der Waals surface area contributed by atoms with Crippen LogP contribution in [0.2, 0.25) is 0 Å². The zero-order valence-corrected chi connectivity index (χ0v) is 8.45. The molecule has 4 nitrogen and oxygen atoms in total. The molecule has 0 saturated heterocycles. The number of carbonyl (C=O) groups excluding carboxylic acids is 1. The summed E-state index contributed by atoms with van der Waals surface area (Å²) < 4.78 is 0. The second-order valence-electron chi connectivity index (χ2n) is 2.83. The van der Waals surface area contributed by atoms with Gasteiger partial charge in [0.1, 0.15) is 5.75 Å². The van der Waals surface area contributed by atoms with Crippen LogP contribution >= 0.6 is 0 Å². The Kier molecular flexibility index (Phi) is 4.17. The standard InChI is InChI=1S/C11H12N2O2/c1-2-3-4-6-13-11(15)9-5-7-12-8-10(9)14/h5,7-8,14H,4,6H2,1H3,(H,13,15). The van der Waals surface area contributed by atoms with E-state index in [-0.39, 0.29) is 17.2 Å². The summed E-state index contributed by atoms with van der Waals surface area (Å²) in [6, 6.07) is 1.47. The molecule has 4 heteroatoms. The number of rotatable bonds is 3. The number of nitrogens with zero attached hydrogens (tertiary/aromatic N) is 1. The largest absolute Gasteiger partial charge is 0.505 e. The molecule has 0 unspecified atom stereocenters. The molecule has 15 heavy (non-hydrogen) atoms. The van der Waals surface area contributed by atoms with E-state index in [4.69, 9.17) is 0 Å². The first-order valence-electron chi connectivity index (χ1n) is 4.56. The summed E-state index contributed by atoms with van der Waals surface area (Å²) in [6.07, 6.45) is 3.30. The van der Waals surface area contributed by atoms with E-state index in [1.807, 2.05) is 0 Å². The third-order valence-corrected chi connectivity index (χ3v) is 1.76. The molecule has 0 aliphatic carbocycles. The second kappa shape index (κ2) is 5.66. The number of hydrogen-bond donors (Lipinski definition) is 2. The van der Waals surface area contributed by atoms with E-state index in [1.54, 1.807) is 6.92 Å². The Balaban J connectivity index is 2.53. The summed E-state index contributed by atoms with van der Waals surface area (Å²) in [6.45, 7) is 2.22. The Bertz CT molecular complexity index is 405. The van der Waals surface area contributed by atoms with E-state index in [0.29, 0.717) is 13.0 Å². The van der Waals surface area contributed by atoms with Crippen molar-refractivity contribution >= 4 is 5.91 Å². The SMILES string of the molecule is CC#CCCNC(=O)c1ccncc1O. The van der Waals surface area contributed by atoms with E-state index in [9.17, 15) is 9.90 Å². The normalized spacial score (nSPS) is 8.87. The average Bonchev–Trinajstić information content (AvgIpc) is 2.25. The summed E-state index contributed by atoms with van der Waals surface area (Å²) >= 11 is 0. The van der Waals surface area contributed by atoms with Gasteiger partial charge < -0.3 is 10.4 Å². The van der Waals surface area contributed by atoms with Crippen LogP contribution in [0.3, 0.4) is 0 Å². The maximum Gasteiger partial charge on any atom is 0.255 e. The monoisotopic (exact) mass is 204 g/mol. The van der Waals surface area contributed by atoms with E-state index in [2.05, 4.69) is 22.1 Å². The minimum atomic E-state index is -0.312. The molecule has 1 aromatic heterocycles. The third kappa shape index (κ3) is 3.31. The fourth-order valence-corrected chi connectivity index (χ4v) is 1.04. The Morgan fingerprint density at radius 3 is 3.13 bits per heavy atom. The number of aromatic hydroxyl groups is 1. The molecule has 1 heterocycles. The van der Waals surface area contributed by atoms with Crippen LogP contribution in [-0.4, -0.2) is 22.5 Å². The van der Waals surface area contributed by atoms with Gasteiger partial charge in [-0.15, -0.1) is 11.8 Å². The first-order valence-corrected chi connectivity index (χ1v) is 4.56. The van der Waals surface area contributed by atoms with Crippen LogP contribution in [0, 0.1) is 11.8 Å². The summed E-state index contributed by atoms with van der Waals surface area (Å²) in [5.74, 6) is 5.14. The number of pyridine rings is 1. The Labute approximate surface area is 88.3 Å². The van der Waals surface area contributed by atoms with Crippen LogP contribution in [-0.2, 0) is 0 Å². The molecule has 0 radical (unpaired) electrons. The second-order valence-corrected chi connectivity index (χ2v) is 2.83. The lowest BCUT2D eigenvalue weighted by atomic mass is 10.2. The van der Waals surface area contributed by atoms with Gasteiger partial charge in [-0.25, -0.2) is 0 Å². The summed E-state index contributed by atoms with van der Waals surface area (Å²) in [4.78, 5) is 15.2. The Hall–Kier alpha value is -2.02. The van der Waals surface area contributed by atoms with Crippen molar-refractivity contribution in [1.29, 1.82) is 0 Å². The lowest BCUT2D eigenvalue weighted by molar-refractivity contribution is 0.0952. The Morgan fingerprint density at radius 2 is 2.47 bits per heavy atom. The van der Waals surface area contributed by atoms with Crippen molar-refractivity contribution in [2.75, 3.05) is 6.54 Å². The van der Waals surface area contributed by atoms with Crippen LogP contribution < -0.4 is 5.32 Å². The first-order chi connectivity index (χ1) is 7.25.